The standard InChI is InChI=1S/C53H33N3O/c1-4-12-34(13-5-1)36-20-22-39(23-21-36)51-54-52(43-27-26-41-30-40(24-25-42(41)31-43)35-14-6-2-7-15-35)56-53(55-51)44-32-47(37-16-8-3-9-17-37)50-48(33-44)46-29-28-38-18-10-11-19-45(38)49(46)57-50/h1-33H. The summed E-state index contributed by atoms with van der Waals surface area (Å²) in [5.41, 5.74) is 11.2. The molecule has 57 heavy (non-hydrogen) atoms. The van der Waals surface area contributed by atoms with E-state index in [9.17, 15) is 0 Å². The highest BCUT2D eigenvalue weighted by Gasteiger charge is 2.20. The molecule has 0 radical (unpaired) electrons. The van der Waals surface area contributed by atoms with Crippen molar-refractivity contribution in [1.29, 1.82) is 0 Å². The zero-order valence-corrected chi connectivity index (χ0v) is 30.8. The van der Waals surface area contributed by atoms with Crippen LogP contribution in [0, 0.1) is 0 Å². The van der Waals surface area contributed by atoms with Crippen molar-refractivity contribution in [3.63, 3.8) is 0 Å². The molecule has 0 saturated carbocycles. The average Bonchev–Trinajstić information content (AvgIpc) is 3.68. The van der Waals surface area contributed by atoms with Gasteiger partial charge in [-0.25, -0.2) is 15.0 Å². The Morgan fingerprint density at radius 1 is 0.263 bits per heavy atom. The number of hydrogen-bond donors (Lipinski definition) is 0. The molecule has 0 atom stereocenters. The quantitative estimate of drug-likeness (QED) is 0.171. The lowest BCUT2D eigenvalue weighted by molar-refractivity contribution is 0.674. The summed E-state index contributed by atoms with van der Waals surface area (Å²) >= 11 is 0. The fourth-order valence-electron chi connectivity index (χ4n) is 7.97. The largest absolute Gasteiger partial charge is 0.455 e. The first-order chi connectivity index (χ1) is 28.2. The van der Waals surface area contributed by atoms with Crippen molar-refractivity contribution in [2.24, 2.45) is 0 Å². The van der Waals surface area contributed by atoms with Crippen molar-refractivity contribution >= 4 is 43.5 Å². The first-order valence-electron chi connectivity index (χ1n) is 19.2. The second-order valence-corrected chi connectivity index (χ2v) is 14.4. The molecule has 2 heterocycles. The van der Waals surface area contributed by atoms with Crippen LogP contribution in [-0.4, -0.2) is 15.0 Å². The zero-order valence-electron chi connectivity index (χ0n) is 30.8. The lowest BCUT2D eigenvalue weighted by Crippen LogP contribution is -2.00. The van der Waals surface area contributed by atoms with E-state index in [1.54, 1.807) is 0 Å². The molecular weight excluding hydrogens is 695 g/mol. The predicted molar refractivity (Wildman–Crippen MR) is 235 cm³/mol. The summed E-state index contributed by atoms with van der Waals surface area (Å²) in [5, 5.41) is 6.57. The van der Waals surface area contributed by atoms with E-state index in [-0.39, 0.29) is 0 Å². The van der Waals surface area contributed by atoms with Gasteiger partial charge in [0.15, 0.2) is 17.5 Å². The van der Waals surface area contributed by atoms with Gasteiger partial charge in [0.2, 0.25) is 0 Å². The first kappa shape index (κ1) is 32.7. The highest BCUT2D eigenvalue weighted by Crippen LogP contribution is 2.42. The zero-order chi connectivity index (χ0) is 37.7. The molecule has 0 unspecified atom stereocenters. The van der Waals surface area contributed by atoms with Crippen LogP contribution in [-0.2, 0) is 0 Å². The minimum absolute atomic E-state index is 0.593. The number of nitrogens with zero attached hydrogens (tertiary/aromatic N) is 3. The molecule has 0 aliphatic heterocycles. The molecule has 0 aliphatic rings. The molecule has 4 nitrogen and oxygen atoms in total. The SMILES string of the molecule is c1ccc(-c2ccc(-c3nc(-c4ccc5cc(-c6ccccc6)ccc5c4)nc(-c4cc(-c5ccccc5)c5oc6c7ccccc7ccc6c5c4)n3)cc2)cc1. The number of benzene rings is 9. The normalized spacial score (nSPS) is 11.5. The monoisotopic (exact) mass is 727 g/mol. The van der Waals surface area contributed by atoms with Crippen molar-refractivity contribution in [1.82, 2.24) is 15.0 Å². The van der Waals surface area contributed by atoms with Crippen LogP contribution in [0.2, 0.25) is 0 Å². The van der Waals surface area contributed by atoms with Crippen LogP contribution in [0.5, 0.6) is 0 Å². The van der Waals surface area contributed by atoms with Gasteiger partial charge in [0.05, 0.1) is 0 Å². The van der Waals surface area contributed by atoms with Gasteiger partial charge in [0.1, 0.15) is 11.2 Å². The van der Waals surface area contributed by atoms with Crippen LogP contribution in [0.3, 0.4) is 0 Å². The van der Waals surface area contributed by atoms with E-state index in [0.717, 1.165) is 82.4 Å². The summed E-state index contributed by atoms with van der Waals surface area (Å²) in [6, 6.07) is 69.9. The van der Waals surface area contributed by atoms with Gasteiger partial charge in [-0.15, -0.1) is 0 Å². The fourth-order valence-corrected chi connectivity index (χ4v) is 7.97. The fraction of sp³-hybridized carbons (Fsp3) is 0. The molecule has 0 saturated heterocycles. The van der Waals surface area contributed by atoms with Crippen molar-refractivity contribution in [3.8, 4) is 67.5 Å². The summed E-state index contributed by atoms with van der Waals surface area (Å²) in [6.45, 7) is 0. The maximum Gasteiger partial charge on any atom is 0.164 e. The number of fused-ring (bicyclic) bond motifs is 6. The van der Waals surface area contributed by atoms with E-state index in [2.05, 4.69) is 182 Å². The van der Waals surface area contributed by atoms with Crippen LogP contribution in [0.1, 0.15) is 0 Å². The molecule has 4 heteroatoms. The Bertz CT molecular complexity index is 3260. The second-order valence-electron chi connectivity index (χ2n) is 14.4. The molecule has 0 N–H and O–H groups in total. The minimum atomic E-state index is 0.593. The van der Waals surface area contributed by atoms with E-state index in [1.807, 2.05) is 18.2 Å². The average molecular weight is 728 g/mol. The Kier molecular flexibility index (Phi) is 7.78. The Morgan fingerprint density at radius 3 is 1.46 bits per heavy atom. The van der Waals surface area contributed by atoms with Crippen molar-refractivity contribution in [2.45, 2.75) is 0 Å². The summed E-state index contributed by atoms with van der Waals surface area (Å²) in [5.74, 6) is 1.81. The second kappa shape index (κ2) is 13.6. The van der Waals surface area contributed by atoms with E-state index >= 15 is 0 Å². The topological polar surface area (TPSA) is 51.8 Å². The minimum Gasteiger partial charge on any atom is -0.455 e. The number of hydrogen-bond acceptors (Lipinski definition) is 4. The lowest BCUT2D eigenvalue weighted by atomic mass is 9.98. The van der Waals surface area contributed by atoms with Gasteiger partial charge in [-0.1, -0.05) is 170 Å². The van der Waals surface area contributed by atoms with Crippen LogP contribution in [0.4, 0.5) is 0 Å². The molecule has 0 bridgehead atoms. The van der Waals surface area contributed by atoms with Gasteiger partial charge >= 0.3 is 0 Å². The molecule has 0 aliphatic carbocycles. The van der Waals surface area contributed by atoms with Gasteiger partial charge in [0.25, 0.3) is 0 Å². The molecule has 0 spiro atoms. The maximum atomic E-state index is 6.80. The molecule has 0 amide bonds. The van der Waals surface area contributed by atoms with Gasteiger partial charge in [-0.05, 0) is 74.3 Å². The molecular formula is C53H33N3O. The van der Waals surface area contributed by atoms with Crippen molar-refractivity contribution in [2.75, 3.05) is 0 Å². The Labute approximate surface area is 329 Å². The van der Waals surface area contributed by atoms with Crippen LogP contribution in [0.25, 0.3) is 111 Å². The highest BCUT2D eigenvalue weighted by atomic mass is 16.3. The number of aromatic nitrogens is 3. The molecule has 11 aromatic rings. The smallest absolute Gasteiger partial charge is 0.164 e. The van der Waals surface area contributed by atoms with E-state index in [0.29, 0.717) is 17.5 Å². The number of rotatable bonds is 6. The molecule has 9 aromatic carbocycles. The molecule has 0 fully saturated rings. The highest BCUT2D eigenvalue weighted by molar-refractivity contribution is 6.18. The summed E-state index contributed by atoms with van der Waals surface area (Å²) in [6.07, 6.45) is 0. The predicted octanol–water partition coefficient (Wildman–Crippen LogP) is 14.1. The third-order valence-electron chi connectivity index (χ3n) is 10.9. The summed E-state index contributed by atoms with van der Waals surface area (Å²) in [4.78, 5) is 15.6. The number of furan rings is 1. The van der Waals surface area contributed by atoms with E-state index < -0.39 is 0 Å². The van der Waals surface area contributed by atoms with Crippen LogP contribution < -0.4 is 0 Å². The summed E-state index contributed by atoms with van der Waals surface area (Å²) in [7, 11) is 0. The Hall–Kier alpha value is -7.69. The Balaban J connectivity index is 1.11. The maximum absolute atomic E-state index is 6.80. The van der Waals surface area contributed by atoms with Crippen LogP contribution in [0.15, 0.2) is 205 Å². The van der Waals surface area contributed by atoms with E-state index in [4.69, 9.17) is 19.4 Å². The van der Waals surface area contributed by atoms with Gasteiger partial charge < -0.3 is 4.42 Å². The molecule has 266 valence electrons. The van der Waals surface area contributed by atoms with Gasteiger partial charge in [0, 0.05) is 38.4 Å². The molecule has 2 aromatic heterocycles. The Morgan fingerprint density at radius 2 is 0.754 bits per heavy atom. The van der Waals surface area contributed by atoms with Crippen molar-refractivity contribution in [3.05, 3.63) is 200 Å². The first-order valence-corrected chi connectivity index (χ1v) is 19.2. The third kappa shape index (κ3) is 5.92. The molecule has 11 rings (SSSR count). The lowest BCUT2D eigenvalue weighted by Gasteiger charge is -2.12. The summed E-state index contributed by atoms with van der Waals surface area (Å²) < 4.78 is 6.80. The van der Waals surface area contributed by atoms with Gasteiger partial charge in [-0.2, -0.15) is 0 Å². The third-order valence-corrected chi connectivity index (χ3v) is 10.9. The van der Waals surface area contributed by atoms with E-state index in [1.165, 1.54) is 11.1 Å². The van der Waals surface area contributed by atoms with Crippen molar-refractivity contribution < 1.29 is 4.42 Å². The van der Waals surface area contributed by atoms with Gasteiger partial charge in [-0.3, -0.25) is 0 Å². The van der Waals surface area contributed by atoms with Crippen LogP contribution >= 0.6 is 0 Å².